The molecule has 0 radical (unpaired) electrons. The summed E-state index contributed by atoms with van der Waals surface area (Å²) in [5, 5.41) is 12.4. The van der Waals surface area contributed by atoms with E-state index in [1.54, 1.807) is 35.1 Å². The van der Waals surface area contributed by atoms with Gasteiger partial charge in [-0.2, -0.15) is 0 Å². The van der Waals surface area contributed by atoms with Gasteiger partial charge in [-0.3, -0.25) is 0 Å². The fraction of sp³-hybridized carbons (Fsp3) is 0.0769. The Morgan fingerprint density at radius 2 is 1.42 bits per heavy atom. The molecule has 2 N–H and O–H groups in total. The highest BCUT2D eigenvalue weighted by Crippen LogP contribution is 2.24. The third kappa shape index (κ3) is 3.10. The number of hydrogen-bond acceptors (Lipinski definition) is 6. The lowest BCUT2D eigenvalue weighted by Crippen LogP contribution is -2.19. The topological polar surface area (TPSA) is 49.8 Å². The summed E-state index contributed by atoms with van der Waals surface area (Å²) in [5.74, 6) is 0. The molecule has 0 atom stereocenters. The summed E-state index contributed by atoms with van der Waals surface area (Å²) in [6, 6.07) is 10.2. The van der Waals surface area contributed by atoms with Crippen LogP contribution in [0.3, 0.4) is 0 Å². The Bertz CT molecular complexity index is 557. The molecule has 0 aliphatic heterocycles. The van der Waals surface area contributed by atoms with Gasteiger partial charge in [-0.1, -0.05) is 30.3 Å². The van der Waals surface area contributed by atoms with E-state index in [1.807, 2.05) is 29.0 Å². The van der Waals surface area contributed by atoms with Gasteiger partial charge in [0.25, 0.3) is 0 Å². The Balaban J connectivity index is 1.83. The zero-order chi connectivity index (χ0) is 12.9. The molecule has 2 aromatic heterocycles. The molecule has 0 fully saturated rings. The molecule has 0 saturated heterocycles. The van der Waals surface area contributed by atoms with Gasteiger partial charge in [-0.05, 0) is 5.56 Å². The Morgan fingerprint density at radius 3 is 1.89 bits per heavy atom. The summed E-state index contributed by atoms with van der Waals surface area (Å²) in [6.45, 7) is 0. The van der Waals surface area contributed by atoms with Crippen LogP contribution in [-0.4, -0.2) is 9.97 Å². The first-order valence-electron chi connectivity index (χ1n) is 5.79. The van der Waals surface area contributed by atoms with Gasteiger partial charge >= 0.3 is 0 Å². The minimum absolute atomic E-state index is 0.0431. The highest BCUT2D eigenvalue weighted by Gasteiger charge is 2.12. The van der Waals surface area contributed by atoms with Crippen LogP contribution in [0.2, 0.25) is 0 Å². The van der Waals surface area contributed by atoms with Gasteiger partial charge < -0.3 is 10.6 Å². The van der Waals surface area contributed by atoms with Crippen LogP contribution in [0.5, 0.6) is 0 Å². The molecular formula is C13H12N4S2. The number of nitrogens with one attached hydrogen (secondary N) is 2. The van der Waals surface area contributed by atoms with Crippen LogP contribution in [0.4, 0.5) is 10.3 Å². The minimum atomic E-state index is -0.0431. The SMILES string of the molecule is c1ccc(C(Nc2nccs2)Nc2nccs2)cc1. The molecule has 0 spiro atoms. The second-order valence-corrected chi connectivity index (χ2v) is 5.60. The highest BCUT2D eigenvalue weighted by atomic mass is 32.1. The Morgan fingerprint density at radius 1 is 0.842 bits per heavy atom. The van der Waals surface area contributed by atoms with Crippen molar-refractivity contribution in [3.8, 4) is 0 Å². The van der Waals surface area contributed by atoms with Gasteiger partial charge in [-0.15, -0.1) is 22.7 Å². The molecule has 0 unspecified atom stereocenters. The Kier molecular flexibility index (Phi) is 3.71. The predicted octanol–water partition coefficient (Wildman–Crippen LogP) is 3.82. The largest absolute Gasteiger partial charge is 0.338 e. The van der Waals surface area contributed by atoms with E-state index in [2.05, 4.69) is 32.7 Å². The van der Waals surface area contributed by atoms with E-state index in [0.717, 1.165) is 15.8 Å². The van der Waals surface area contributed by atoms with Crippen molar-refractivity contribution in [3.63, 3.8) is 0 Å². The number of rotatable bonds is 5. The van der Waals surface area contributed by atoms with Crippen molar-refractivity contribution >= 4 is 32.9 Å². The standard InChI is InChI=1S/C13H12N4S2/c1-2-4-10(5-3-1)11(16-12-14-6-8-18-12)17-13-15-7-9-19-13/h1-9,11H,(H,14,16)(H,15,17). The molecule has 0 saturated carbocycles. The second kappa shape index (κ2) is 5.81. The van der Waals surface area contributed by atoms with E-state index >= 15 is 0 Å². The van der Waals surface area contributed by atoms with Crippen molar-refractivity contribution in [3.05, 3.63) is 59.0 Å². The fourth-order valence-corrected chi connectivity index (χ4v) is 2.80. The first-order valence-corrected chi connectivity index (χ1v) is 7.55. The van der Waals surface area contributed by atoms with Gasteiger partial charge in [0.15, 0.2) is 10.3 Å². The molecule has 6 heteroatoms. The molecule has 3 aromatic rings. The van der Waals surface area contributed by atoms with Crippen LogP contribution in [0.1, 0.15) is 11.7 Å². The summed E-state index contributed by atoms with van der Waals surface area (Å²) >= 11 is 3.16. The molecule has 96 valence electrons. The molecule has 0 aliphatic carbocycles. The van der Waals surface area contributed by atoms with Crippen LogP contribution in [-0.2, 0) is 0 Å². The van der Waals surface area contributed by atoms with Gasteiger partial charge in [0.1, 0.15) is 6.17 Å². The first-order chi connectivity index (χ1) is 9.42. The van der Waals surface area contributed by atoms with Crippen molar-refractivity contribution in [1.82, 2.24) is 9.97 Å². The zero-order valence-corrected chi connectivity index (χ0v) is 11.6. The maximum atomic E-state index is 4.26. The van der Waals surface area contributed by atoms with Crippen molar-refractivity contribution in [1.29, 1.82) is 0 Å². The van der Waals surface area contributed by atoms with E-state index < -0.39 is 0 Å². The number of benzene rings is 1. The molecule has 2 heterocycles. The van der Waals surface area contributed by atoms with Crippen LogP contribution < -0.4 is 10.6 Å². The van der Waals surface area contributed by atoms with E-state index in [0.29, 0.717) is 0 Å². The van der Waals surface area contributed by atoms with E-state index in [1.165, 1.54) is 0 Å². The number of thiazole rings is 2. The molecule has 1 aromatic carbocycles. The summed E-state index contributed by atoms with van der Waals surface area (Å²) in [4.78, 5) is 8.52. The smallest absolute Gasteiger partial charge is 0.184 e. The fourth-order valence-electron chi connectivity index (χ4n) is 1.68. The first kappa shape index (κ1) is 12.1. The van der Waals surface area contributed by atoms with Crippen molar-refractivity contribution < 1.29 is 0 Å². The molecule has 0 aliphatic rings. The van der Waals surface area contributed by atoms with E-state index in [4.69, 9.17) is 0 Å². The molecule has 4 nitrogen and oxygen atoms in total. The van der Waals surface area contributed by atoms with Crippen molar-refractivity contribution in [2.75, 3.05) is 10.6 Å². The van der Waals surface area contributed by atoms with E-state index in [-0.39, 0.29) is 6.17 Å². The average Bonchev–Trinajstić information content (AvgIpc) is 3.12. The summed E-state index contributed by atoms with van der Waals surface area (Å²) < 4.78 is 0. The van der Waals surface area contributed by atoms with Gasteiger partial charge in [0.2, 0.25) is 0 Å². The third-order valence-electron chi connectivity index (χ3n) is 2.53. The summed E-state index contributed by atoms with van der Waals surface area (Å²) in [7, 11) is 0. The number of aromatic nitrogens is 2. The molecule has 0 bridgehead atoms. The van der Waals surface area contributed by atoms with Gasteiger partial charge in [0, 0.05) is 23.2 Å². The molecule has 3 rings (SSSR count). The van der Waals surface area contributed by atoms with Gasteiger partial charge in [0.05, 0.1) is 0 Å². The Hall–Kier alpha value is -1.92. The van der Waals surface area contributed by atoms with Gasteiger partial charge in [-0.25, -0.2) is 9.97 Å². The minimum Gasteiger partial charge on any atom is -0.338 e. The highest BCUT2D eigenvalue weighted by molar-refractivity contribution is 7.14. The molecule has 0 amide bonds. The average molecular weight is 288 g/mol. The van der Waals surface area contributed by atoms with Crippen molar-refractivity contribution in [2.24, 2.45) is 0 Å². The predicted molar refractivity (Wildman–Crippen MR) is 80.7 cm³/mol. The maximum Gasteiger partial charge on any atom is 0.184 e. The normalized spacial score (nSPS) is 10.6. The summed E-state index contributed by atoms with van der Waals surface area (Å²) in [6.07, 6.45) is 3.54. The molecular weight excluding hydrogens is 276 g/mol. The summed E-state index contributed by atoms with van der Waals surface area (Å²) in [5.41, 5.74) is 1.15. The van der Waals surface area contributed by atoms with Crippen LogP contribution in [0.15, 0.2) is 53.5 Å². The lowest BCUT2D eigenvalue weighted by atomic mass is 10.2. The maximum absolute atomic E-state index is 4.26. The van der Waals surface area contributed by atoms with E-state index in [9.17, 15) is 0 Å². The monoisotopic (exact) mass is 288 g/mol. The van der Waals surface area contributed by atoms with Crippen LogP contribution in [0, 0.1) is 0 Å². The quantitative estimate of drug-likeness (QED) is 0.701. The zero-order valence-electron chi connectivity index (χ0n) is 9.98. The number of anilines is 2. The molecule has 19 heavy (non-hydrogen) atoms. The number of nitrogens with zero attached hydrogens (tertiary/aromatic N) is 2. The lowest BCUT2D eigenvalue weighted by Gasteiger charge is -2.19. The third-order valence-corrected chi connectivity index (χ3v) is 3.94. The van der Waals surface area contributed by atoms with Crippen molar-refractivity contribution in [2.45, 2.75) is 6.17 Å². The van der Waals surface area contributed by atoms with Crippen LogP contribution in [0.25, 0.3) is 0 Å². The lowest BCUT2D eigenvalue weighted by molar-refractivity contribution is 0.895. The second-order valence-electron chi connectivity index (χ2n) is 3.81. The number of hydrogen-bond donors (Lipinski definition) is 2. The van der Waals surface area contributed by atoms with Crippen LogP contribution >= 0.6 is 22.7 Å². The Labute approximate surface area is 119 Å².